The lowest BCUT2D eigenvalue weighted by molar-refractivity contribution is -0.159. The fraction of sp³-hybridized carbons (Fsp3) is 0.333. The molecule has 45 heavy (non-hydrogen) atoms. The highest BCUT2D eigenvalue weighted by Gasteiger charge is 2.66. The Morgan fingerprint density at radius 2 is 1.27 bits per heavy atom. The van der Waals surface area contributed by atoms with Crippen molar-refractivity contribution in [3.63, 3.8) is 0 Å². The van der Waals surface area contributed by atoms with Gasteiger partial charge in [-0.05, 0) is 63.1 Å². The van der Waals surface area contributed by atoms with Crippen molar-refractivity contribution in [2.24, 2.45) is 5.73 Å². The standard InChI is InChI=1S/C16H19N3O3S.2C7H8O3S/c17-11-13(20)19-12(15(21)22)16(23-14(11)19)6-8-18(9-7-16)10-4-2-1-3-5-10;2*1-6-2-4-7(5-3-6)11(8,9)10/h1-5,11-12,14H,6-9,17H2,(H,21,22);2*2-5H,1H3,(H,8,9,10)/t11?,12?,14-;;/m1../s1. The number of para-hydroxylation sites is 1. The maximum absolute atomic E-state index is 12.0. The molecule has 3 aliphatic rings. The number of thioether (sulfide) groups is 1. The fourth-order valence-electron chi connectivity index (χ4n) is 5.41. The zero-order valence-electron chi connectivity index (χ0n) is 24.6. The minimum absolute atomic E-state index is 0.0666. The van der Waals surface area contributed by atoms with Crippen molar-refractivity contribution in [1.82, 2.24) is 4.90 Å². The monoisotopic (exact) mass is 677 g/mol. The second-order valence-electron chi connectivity index (χ2n) is 11.0. The van der Waals surface area contributed by atoms with Crippen molar-refractivity contribution in [3.8, 4) is 0 Å². The maximum Gasteiger partial charge on any atom is 0.327 e. The number of aliphatic carboxylic acids is 1. The van der Waals surface area contributed by atoms with E-state index in [4.69, 9.17) is 14.8 Å². The second kappa shape index (κ2) is 13.5. The van der Waals surface area contributed by atoms with Crippen LogP contribution in [0.15, 0.2) is 88.7 Å². The Bertz CT molecular complexity index is 1650. The van der Waals surface area contributed by atoms with Gasteiger partial charge in [0.2, 0.25) is 5.91 Å². The lowest BCUT2D eigenvalue weighted by atomic mass is 9.85. The van der Waals surface area contributed by atoms with E-state index < -0.39 is 43.0 Å². The van der Waals surface area contributed by atoms with Gasteiger partial charge in [0.25, 0.3) is 20.2 Å². The number of carboxylic acid groups (broad SMARTS) is 1. The van der Waals surface area contributed by atoms with Crippen molar-refractivity contribution in [2.75, 3.05) is 18.0 Å². The molecule has 3 aromatic rings. The molecular formula is C30H35N3O9S3. The molecular weight excluding hydrogens is 643 g/mol. The molecule has 3 aromatic carbocycles. The summed E-state index contributed by atoms with van der Waals surface area (Å²) in [5.41, 5.74) is 8.93. The van der Waals surface area contributed by atoms with Gasteiger partial charge in [-0.2, -0.15) is 16.8 Å². The van der Waals surface area contributed by atoms with E-state index in [0.29, 0.717) is 0 Å². The van der Waals surface area contributed by atoms with Gasteiger partial charge in [-0.25, -0.2) is 4.79 Å². The van der Waals surface area contributed by atoms with Crippen LogP contribution in [0.2, 0.25) is 0 Å². The van der Waals surface area contributed by atoms with Crippen LogP contribution in [0.1, 0.15) is 24.0 Å². The normalized spacial score (nSPS) is 21.9. The molecule has 0 aromatic heterocycles. The van der Waals surface area contributed by atoms with E-state index in [1.807, 2.05) is 32.0 Å². The van der Waals surface area contributed by atoms with Crippen LogP contribution in [0.25, 0.3) is 0 Å². The van der Waals surface area contributed by atoms with Crippen molar-refractivity contribution in [1.29, 1.82) is 0 Å². The zero-order valence-corrected chi connectivity index (χ0v) is 27.0. The Kier molecular flexibility index (Phi) is 10.3. The SMILES string of the molecule is Cc1ccc(S(=O)(=O)O)cc1.Cc1ccc(S(=O)(=O)O)cc1.NC1C(=O)N2C(C(=O)O)C3(CCN(c4ccccc4)CC3)S[C@H]12. The van der Waals surface area contributed by atoms with Crippen molar-refractivity contribution < 1.29 is 40.6 Å². The number of carboxylic acids is 1. The van der Waals surface area contributed by atoms with E-state index in [0.717, 1.165) is 42.7 Å². The Labute approximate surface area is 266 Å². The number of benzene rings is 3. The Morgan fingerprint density at radius 1 is 0.822 bits per heavy atom. The zero-order chi connectivity index (χ0) is 33.2. The van der Waals surface area contributed by atoms with Gasteiger partial charge in [0, 0.05) is 18.8 Å². The highest BCUT2D eigenvalue weighted by atomic mass is 32.2. The Morgan fingerprint density at radius 3 is 1.67 bits per heavy atom. The molecule has 0 saturated carbocycles. The molecule has 3 heterocycles. The summed E-state index contributed by atoms with van der Waals surface area (Å²) in [6.07, 6.45) is 1.49. The summed E-state index contributed by atoms with van der Waals surface area (Å²) >= 11 is 1.60. The van der Waals surface area contributed by atoms with Gasteiger partial charge in [0.05, 0.1) is 14.5 Å². The van der Waals surface area contributed by atoms with Gasteiger partial charge >= 0.3 is 5.97 Å². The largest absolute Gasteiger partial charge is 0.480 e. The van der Waals surface area contributed by atoms with Crippen LogP contribution in [0.4, 0.5) is 5.69 Å². The van der Waals surface area contributed by atoms with Gasteiger partial charge < -0.3 is 20.6 Å². The smallest absolute Gasteiger partial charge is 0.327 e. The Hall–Kier alpha value is -3.47. The first-order valence-electron chi connectivity index (χ1n) is 13.9. The third-order valence-corrected chi connectivity index (χ3v) is 11.5. The van der Waals surface area contributed by atoms with Crippen LogP contribution >= 0.6 is 11.8 Å². The summed E-state index contributed by atoms with van der Waals surface area (Å²) in [7, 11) is -8.04. The minimum Gasteiger partial charge on any atom is -0.480 e. The Balaban J connectivity index is 0.000000176. The quantitative estimate of drug-likeness (QED) is 0.233. The molecule has 0 radical (unpaired) electrons. The number of piperidine rings is 1. The molecule has 12 nitrogen and oxygen atoms in total. The van der Waals surface area contributed by atoms with Crippen molar-refractivity contribution in [2.45, 2.75) is 58.7 Å². The molecule has 1 amide bonds. The molecule has 15 heteroatoms. The van der Waals surface area contributed by atoms with Gasteiger partial charge in [-0.15, -0.1) is 11.8 Å². The van der Waals surface area contributed by atoms with Gasteiger partial charge in [-0.3, -0.25) is 13.9 Å². The van der Waals surface area contributed by atoms with E-state index in [-0.39, 0.29) is 21.1 Å². The first kappa shape index (κ1) is 34.4. The summed E-state index contributed by atoms with van der Waals surface area (Å²) in [5.74, 6) is -1.13. The number of hydrogen-bond donors (Lipinski definition) is 4. The number of nitrogens with two attached hydrogens (primary N) is 1. The lowest BCUT2D eigenvalue weighted by Crippen LogP contribution is -2.69. The average Bonchev–Trinajstić information content (AvgIpc) is 3.29. The van der Waals surface area contributed by atoms with Crippen molar-refractivity contribution in [3.05, 3.63) is 90.0 Å². The highest BCUT2D eigenvalue weighted by Crippen LogP contribution is 2.55. The minimum atomic E-state index is -4.02. The van der Waals surface area contributed by atoms with Crippen LogP contribution in [0.5, 0.6) is 0 Å². The molecule has 3 saturated heterocycles. The van der Waals surface area contributed by atoms with Crippen LogP contribution < -0.4 is 10.6 Å². The van der Waals surface area contributed by atoms with Crippen LogP contribution in [-0.2, 0) is 29.8 Å². The molecule has 3 fully saturated rings. The van der Waals surface area contributed by atoms with E-state index >= 15 is 0 Å². The summed E-state index contributed by atoms with van der Waals surface area (Å²) in [6, 6.07) is 20.8. The van der Waals surface area contributed by atoms with Crippen LogP contribution in [-0.4, -0.2) is 83.1 Å². The topological polar surface area (TPSA) is 196 Å². The van der Waals surface area contributed by atoms with Crippen LogP contribution in [0.3, 0.4) is 0 Å². The number of anilines is 1. The van der Waals surface area contributed by atoms with E-state index in [2.05, 4.69) is 17.0 Å². The number of carbonyl (C=O) groups excluding carboxylic acids is 1. The molecule has 0 aliphatic carbocycles. The number of β-lactam (4-membered cyclic amide) rings is 1. The number of carbonyl (C=O) groups is 2. The molecule has 6 rings (SSSR count). The summed E-state index contributed by atoms with van der Waals surface area (Å²) in [5, 5.41) is 9.50. The molecule has 2 unspecified atom stereocenters. The average molecular weight is 678 g/mol. The predicted octanol–water partition coefficient (Wildman–Crippen LogP) is 3.20. The van der Waals surface area contributed by atoms with E-state index in [1.54, 1.807) is 36.0 Å². The van der Waals surface area contributed by atoms with Gasteiger partial charge in [0.15, 0.2) is 0 Å². The molecule has 5 N–H and O–H groups in total. The molecule has 0 bridgehead atoms. The summed E-state index contributed by atoms with van der Waals surface area (Å²) in [6.45, 7) is 5.27. The number of aryl methyl sites for hydroxylation is 2. The number of rotatable bonds is 4. The lowest BCUT2D eigenvalue weighted by Gasteiger charge is -2.43. The third kappa shape index (κ3) is 7.85. The molecule has 242 valence electrons. The summed E-state index contributed by atoms with van der Waals surface area (Å²) in [4.78, 5) is 27.4. The number of hydrogen-bond acceptors (Lipinski definition) is 9. The van der Waals surface area contributed by atoms with E-state index in [1.165, 1.54) is 29.2 Å². The third-order valence-electron chi connectivity index (χ3n) is 7.86. The fourth-order valence-corrected chi connectivity index (χ4v) is 8.22. The highest BCUT2D eigenvalue weighted by molar-refractivity contribution is 8.01. The number of fused-ring (bicyclic) bond motifs is 1. The number of amides is 1. The molecule has 3 atom stereocenters. The second-order valence-corrected chi connectivity index (χ2v) is 15.4. The van der Waals surface area contributed by atoms with Gasteiger partial charge in [-0.1, -0.05) is 53.6 Å². The predicted molar refractivity (Wildman–Crippen MR) is 170 cm³/mol. The van der Waals surface area contributed by atoms with E-state index in [9.17, 15) is 31.5 Å². The van der Waals surface area contributed by atoms with Crippen LogP contribution in [0, 0.1) is 13.8 Å². The molecule has 3 aliphatic heterocycles. The van der Waals surface area contributed by atoms with Crippen molar-refractivity contribution >= 4 is 49.6 Å². The maximum atomic E-state index is 12.0. The first-order valence-corrected chi connectivity index (χ1v) is 17.7. The summed E-state index contributed by atoms with van der Waals surface area (Å²) < 4.78 is 58.7. The van der Waals surface area contributed by atoms with Gasteiger partial charge in [0.1, 0.15) is 17.5 Å². The number of nitrogens with zero attached hydrogens (tertiary/aromatic N) is 2. The molecule has 1 spiro atoms. The first-order chi connectivity index (χ1) is 21.0.